The zero-order chi connectivity index (χ0) is 17.7. The van der Waals surface area contributed by atoms with Crippen molar-refractivity contribution in [1.29, 1.82) is 5.26 Å². The first kappa shape index (κ1) is 17.9. The van der Waals surface area contributed by atoms with Gasteiger partial charge in [-0.15, -0.1) is 0 Å². The van der Waals surface area contributed by atoms with E-state index in [-0.39, 0.29) is 5.57 Å². The Balaban J connectivity index is 2.15. The summed E-state index contributed by atoms with van der Waals surface area (Å²) in [6.45, 7) is 3.87. The average molecular weight is 360 g/mol. The lowest BCUT2D eigenvalue weighted by Crippen LogP contribution is -2.15. The van der Waals surface area contributed by atoms with Gasteiger partial charge in [-0.2, -0.15) is 5.26 Å². The maximum Gasteiger partial charge on any atom is 0.267 e. The number of benzene rings is 2. The van der Waals surface area contributed by atoms with Crippen LogP contribution in [-0.4, -0.2) is 5.91 Å². The molecule has 2 rings (SSSR count). The number of hydrogen-bond acceptors (Lipinski definition) is 3. The second-order valence-corrected chi connectivity index (χ2v) is 5.96. The molecule has 0 atom stereocenters. The van der Waals surface area contributed by atoms with Crippen LogP contribution in [-0.2, 0) is 4.79 Å². The molecule has 0 heterocycles. The minimum absolute atomic E-state index is 0.0537. The number of amides is 1. The fourth-order valence-corrected chi connectivity index (χ4v) is 2.26. The summed E-state index contributed by atoms with van der Waals surface area (Å²) in [5, 5.41) is 15.6. The third kappa shape index (κ3) is 4.29. The van der Waals surface area contributed by atoms with Crippen LogP contribution in [0.5, 0.6) is 0 Å². The molecule has 24 heavy (non-hydrogen) atoms. The summed E-state index contributed by atoms with van der Waals surface area (Å²) in [6, 6.07) is 12.4. The minimum atomic E-state index is -0.487. The molecule has 0 saturated heterocycles. The number of nitrogens with one attached hydrogen (secondary N) is 2. The number of halogens is 2. The van der Waals surface area contributed by atoms with Gasteiger partial charge in [0.25, 0.3) is 5.91 Å². The molecule has 0 spiro atoms. The van der Waals surface area contributed by atoms with E-state index in [1.807, 2.05) is 32.0 Å². The quantitative estimate of drug-likeness (QED) is 0.591. The Morgan fingerprint density at radius 2 is 1.92 bits per heavy atom. The first-order valence-corrected chi connectivity index (χ1v) is 7.87. The van der Waals surface area contributed by atoms with Gasteiger partial charge in [-0.1, -0.05) is 35.3 Å². The zero-order valence-electron chi connectivity index (χ0n) is 13.2. The number of carbonyl (C=O) groups excluding carboxylic acids is 1. The number of aryl methyl sites for hydroxylation is 1. The number of rotatable bonds is 4. The lowest BCUT2D eigenvalue weighted by molar-refractivity contribution is -0.112. The van der Waals surface area contributed by atoms with Crippen LogP contribution in [0.4, 0.5) is 11.4 Å². The van der Waals surface area contributed by atoms with Crippen LogP contribution in [0.2, 0.25) is 10.0 Å². The standard InChI is InChI=1S/C18H15Cl2N3O/c1-11-4-3-5-17(12(11)2)23-18(24)13(9-21)10-22-14-6-7-15(19)16(20)8-14/h3-8,10,22H,1-2H3,(H,23,24)/b13-10-. The number of anilines is 2. The topological polar surface area (TPSA) is 64.9 Å². The summed E-state index contributed by atoms with van der Waals surface area (Å²) < 4.78 is 0. The minimum Gasteiger partial charge on any atom is -0.360 e. The van der Waals surface area contributed by atoms with Crippen LogP contribution >= 0.6 is 23.2 Å². The molecule has 2 aromatic rings. The molecule has 4 nitrogen and oxygen atoms in total. The molecule has 2 N–H and O–H groups in total. The predicted molar refractivity (Wildman–Crippen MR) is 98.3 cm³/mol. The lowest BCUT2D eigenvalue weighted by atomic mass is 10.1. The van der Waals surface area contributed by atoms with Crippen molar-refractivity contribution in [3.8, 4) is 6.07 Å². The van der Waals surface area contributed by atoms with Gasteiger partial charge in [0.05, 0.1) is 10.0 Å². The Morgan fingerprint density at radius 1 is 1.17 bits per heavy atom. The van der Waals surface area contributed by atoms with E-state index in [2.05, 4.69) is 10.6 Å². The van der Waals surface area contributed by atoms with Gasteiger partial charge in [0.1, 0.15) is 11.6 Å². The highest BCUT2D eigenvalue weighted by Gasteiger charge is 2.11. The molecule has 122 valence electrons. The van der Waals surface area contributed by atoms with Crippen molar-refractivity contribution < 1.29 is 4.79 Å². The van der Waals surface area contributed by atoms with Crippen LogP contribution in [0.15, 0.2) is 48.2 Å². The normalized spacial score (nSPS) is 10.9. The molecule has 0 aliphatic carbocycles. The predicted octanol–water partition coefficient (Wildman–Crippen LogP) is 5.07. The molecule has 1 amide bonds. The number of hydrogen-bond donors (Lipinski definition) is 2. The molecule has 0 aromatic heterocycles. The average Bonchev–Trinajstić information content (AvgIpc) is 2.55. The van der Waals surface area contributed by atoms with Gasteiger partial charge in [0.15, 0.2) is 0 Å². The smallest absolute Gasteiger partial charge is 0.267 e. The first-order valence-electron chi connectivity index (χ1n) is 7.12. The lowest BCUT2D eigenvalue weighted by Gasteiger charge is -2.10. The van der Waals surface area contributed by atoms with E-state index in [1.54, 1.807) is 24.3 Å². The van der Waals surface area contributed by atoms with Gasteiger partial charge in [-0.05, 0) is 49.2 Å². The molecule has 0 aliphatic rings. The second-order valence-electron chi connectivity index (χ2n) is 5.14. The van der Waals surface area contributed by atoms with Gasteiger partial charge >= 0.3 is 0 Å². The van der Waals surface area contributed by atoms with Crippen molar-refractivity contribution in [2.24, 2.45) is 0 Å². The second kappa shape index (κ2) is 7.87. The van der Waals surface area contributed by atoms with Crippen molar-refractivity contribution in [3.05, 3.63) is 69.3 Å². The Kier molecular flexibility index (Phi) is 5.86. The highest BCUT2D eigenvalue weighted by molar-refractivity contribution is 6.42. The van der Waals surface area contributed by atoms with Crippen LogP contribution < -0.4 is 10.6 Å². The first-order chi connectivity index (χ1) is 11.4. The fourth-order valence-electron chi connectivity index (χ4n) is 1.97. The van der Waals surface area contributed by atoms with Gasteiger partial charge < -0.3 is 10.6 Å². The van der Waals surface area contributed by atoms with E-state index in [4.69, 9.17) is 23.2 Å². The molecule has 0 radical (unpaired) electrons. The van der Waals surface area contributed by atoms with E-state index in [0.717, 1.165) is 11.1 Å². The summed E-state index contributed by atoms with van der Waals surface area (Å²) >= 11 is 11.8. The van der Waals surface area contributed by atoms with Crippen molar-refractivity contribution >= 4 is 40.5 Å². The molecule has 0 saturated carbocycles. The SMILES string of the molecule is Cc1cccc(NC(=O)/C(C#N)=C\Nc2ccc(Cl)c(Cl)c2)c1C. The van der Waals surface area contributed by atoms with Crippen molar-refractivity contribution in [2.45, 2.75) is 13.8 Å². The number of carbonyl (C=O) groups is 1. The largest absolute Gasteiger partial charge is 0.360 e. The summed E-state index contributed by atoms with van der Waals surface area (Å²) in [4.78, 5) is 12.3. The van der Waals surface area contributed by atoms with Gasteiger partial charge in [-0.3, -0.25) is 4.79 Å². The monoisotopic (exact) mass is 359 g/mol. The summed E-state index contributed by atoms with van der Waals surface area (Å²) in [6.07, 6.45) is 1.33. The summed E-state index contributed by atoms with van der Waals surface area (Å²) in [5.41, 5.74) is 3.26. The number of nitrogens with zero attached hydrogens (tertiary/aromatic N) is 1. The van der Waals surface area contributed by atoms with Gasteiger partial charge in [-0.25, -0.2) is 0 Å². The molecular formula is C18H15Cl2N3O. The number of nitriles is 1. The maximum absolute atomic E-state index is 12.3. The highest BCUT2D eigenvalue weighted by atomic mass is 35.5. The highest BCUT2D eigenvalue weighted by Crippen LogP contribution is 2.25. The summed E-state index contributed by atoms with van der Waals surface area (Å²) in [7, 11) is 0. The third-order valence-corrected chi connectivity index (χ3v) is 4.26. The Labute approximate surface area is 150 Å². The molecule has 0 bridgehead atoms. The van der Waals surface area contributed by atoms with E-state index >= 15 is 0 Å². The fraction of sp³-hybridized carbons (Fsp3) is 0.111. The summed E-state index contributed by atoms with van der Waals surface area (Å²) in [5.74, 6) is -0.487. The Hall–Kier alpha value is -2.48. The maximum atomic E-state index is 12.3. The third-order valence-electron chi connectivity index (χ3n) is 3.52. The van der Waals surface area contributed by atoms with Crippen LogP contribution in [0, 0.1) is 25.2 Å². The van der Waals surface area contributed by atoms with Crippen LogP contribution in [0.25, 0.3) is 0 Å². The van der Waals surface area contributed by atoms with Crippen LogP contribution in [0.3, 0.4) is 0 Å². The Bertz CT molecular complexity index is 854. The van der Waals surface area contributed by atoms with Crippen molar-refractivity contribution in [3.63, 3.8) is 0 Å². The van der Waals surface area contributed by atoms with E-state index in [1.165, 1.54) is 6.20 Å². The molecule has 0 fully saturated rings. The molecule has 0 unspecified atom stereocenters. The Morgan fingerprint density at radius 3 is 2.58 bits per heavy atom. The molecule has 6 heteroatoms. The van der Waals surface area contributed by atoms with Crippen molar-refractivity contribution in [2.75, 3.05) is 10.6 Å². The van der Waals surface area contributed by atoms with Crippen LogP contribution in [0.1, 0.15) is 11.1 Å². The van der Waals surface area contributed by atoms with E-state index in [9.17, 15) is 10.1 Å². The van der Waals surface area contributed by atoms with Gasteiger partial charge in [0.2, 0.25) is 0 Å². The van der Waals surface area contributed by atoms with Crippen molar-refractivity contribution in [1.82, 2.24) is 0 Å². The zero-order valence-corrected chi connectivity index (χ0v) is 14.7. The molecular weight excluding hydrogens is 345 g/mol. The molecule has 0 aliphatic heterocycles. The molecule has 2 aromatic carbocycles. The van der Waals surface area contributed by atoms with Gasteiger partial charge in [0, 0.05) is 17.6 Å². The van der Waals surface area contributed by atoms with E-state index < -0.39 is 5.91 Å². The van der Waals surface area contributed by atoms with E-state index in [0.29, 0.717) is 21.4 Å².